The number of fused-ring (bicyclic) bond motifs is 1. The van der Waals surface area contributed by atoms with Crippen LogP contribution in [0.25, 0.3) is 0 Å². The zero-order valence-electron chi connectivity index (χ0n) is 19.0. The second-order valence-electron chi connectivity index (χ2n) is 8.47. The summed E-state index contributed by atoms with van der Waals surface area (Å²) in [6.45, 7) is 4.30. The molecule has 0 N–H and O–H groups in total. The summed E-state index contributed by atoms with van der Waals surface area (Å²) in [5.41, 5.74) is 2.09. The van der Waals surface area contributed by atoms with Gasteiger partial charge in [-0.2, -0.15) is 0 Å². The molecule has 0 spiro atoms. The van der Waals surface area contributed by atoms with Gasteiger partial charge in [0.2, 0.25) is 0 Å². The molecule has 2 aromatic carbocycles. The van der Waals surface area contributed by atoms with E-state index in [1.807, 2.05) is 60.7 Å². The minimum Gasteiger partial charge on any atom is -0.481 e. The first kappa shape index (κ1) is 22.1. The average Bonchev–Trinajstić information content (AvgIpc) is 3.32. The van der Waals surface area contributed by atoms with Gasteiger partial charge >= 0.3 is 0 Å². The summed E-state index contributed by atoms with van der Waals surface area (Å²) in [6, 6.07) is 19.2. The summed E-state index contributed by atoms with van der Waals surface area (Å²) in [7, 11) is 0. The average molecular weight is 462 g/mol. The van der Waals surface area contributed by atoms with Gasteiger partial charge in [-0.05, 0) is 24.6 Å². The maximum absolute atomic E-state index is 13.2. The molecule has 2 aliphatic heterocycles. The third-order valence-electron chi connectivity index (χ3n) is 6.25. The molecule has 1 saturated heterocycles. The van der Waals surface area contributed by atoms with E-state index in [4.69, 9.17) is 9.47 Å². The van der Waals surface area contributed by atoms with Crippen molar-refractivity contribution in [1.82, 2.24) is 24.8 Å². The number of hydrogen-bond acceptors (Lipinski definition) is 6. The van der Waals surface area contributed by atoms with Crippen molar-refractivity contribution >= 4 is 11.8 Å². The van der Waals surface area contributed by atoms with Crippen LogP contribution in [0.2, 0.25) is 0 Å². The molecule has 1 fully saturated rings. The summed E-state index contributed by atoms with van der Waals surface area (Å²) < 4.78 is 13.5. The van der Waals surface area contributed by atoms with E-state index < -0.39 is 6.10 Å². The maximum Gasteiger partial charge on any atom is 0.276 e. The quantitative estimate of drug-likeness (QED) is 0.579. The molecule has 34 heavy (non-hydrogen) atoms. The van der Waals surface area contributed by atoms with Crippen LogP contribution in [0.1, 0.15) is 34.8 Å². The Bertz CT molecular complexity index is 1140. The molecule has 176 valence electrons. The van der Waals surface area contributed by atoms with Crippen molar-refractivity contribution in [2.75, 3.05) is 26.2 Å². The summed E-state index contributed by atoms with van der Waals surface area (Å²) in [6.07, 6.45) is -0.711. The first-order valence-electron chi connectivity index (χ1n) is 11.5. The fourth-order valence-corrected chi connectivity index (χ4v) is 4.34. The normalized spacial score (nSPS) is 18.8. The highest BCUT2D eigenvalue weighted by atomic mass is 16.5. The van der Waals surface area contributed by atoms with Crippen LogP contribution in [0.15, 0.2) is 60.7 Å². The number of aromatic nitrogens is 3. The second-order valence-corrected chi connectivity index (χ2v) is 8.47. The topological polar surface area (TPSA) is 89.8 Å². The smallest absolute Gasteiger partial charge is 0.276 e. The van der Waals surface area contributed by atoms with Crippen LogP contribution in [0.4, 0.5) is 0 Å². The molecule has 0 bridgehead atoms. The summed E-state index contributed by atoms with van der Waals surface area (Å²) in [5.74, 6) is 0.395. The molecule has 5 rings (SSSR count). The van der Waals surface area contributed by atoms with Crippen LogP contribution < -0.4 is 4.74 Å². The monoisotopic (exact) mass is 461 g/mol. The van der Waals surface area contributed by atoms with Gasteiger partial charge in [0, 0.05) is 26.2 Å². The zero-order chi connectivity index (χ0) is 23.5. The van der Waals surface area contributed by atoms with Crippen molar-refractivity contribution in [2.24, 2.45) is 0 Å². The molecule has 0 saturated carbocycles. The van der Waals surface area contributed by atoms with Gasteiger partial charge in [0.25, 0.3) is 11.8 Å². The van der Waals surface area contributed by atoms with Gasteiger partial charge in [0.05, 0.1) is 18.8 Å². The van der Waals surface area contributed by atoms with Crippen LogP contribution in [-0.4, -0.2) is 68.9 Å². The van der Waals surface area contributed by atoms with Crippen LogP contribution in [0, 0.1) is 0 Å². The van der Waals surface area contributed by atoms with E-state index in [1.165, 1.54) is 0 Å². The Hall–Kier alpha value is -3.72. The van der Waals surface area contributed by atoms with E-state index in [-0.39, 0.29) is 24.5 Å². The lowest BCUT2D eigenvalue weighted by atomic mass is 10.1. The lowest BCUT2D eigenvalue weighted by Gasteiger charge is -2.35. The van der Waals surface area contributed by atoms with Crippen LogP contribution in [0.5, 0.6) is 5.75 Å². The number of carbonyl (C=O) groups excluding carboxylic acids is 2. The Kier molecular flexibility index (Phi) is 6.27. The predicted octanol–water partition coefficient (Wildman–Crippen LogP) is 2.30. The fourth-order valence-electron chi connectivity index (χ4n) is 4.34. The third-order valence-corrected chi connectivity index (χ3v) is 6.25. The highest BCUT2D eigenvalue weighted by Gasteiger charge is 2.33. The Morgan fingerprint density at radius 2 is 1.62 bits per heavy atom. The number of amides is 2. The predicted molar refractivity (Wildman–Crippen MR) is 123 cm³/mol. The van der Waals surface area contributed by atoms with Crippen molar-refractivity contribution in [3.8, 4) is 5.75 Å². The molecule has 0 aliphatic carbocycles. The number of rotatable bonds is 5. The Morgan fingerprint density at radius 1 is 0.971 bits per heavy atom. The van der Waals surface area contributed by atoms with Gasteiger partial charge in [-0.25, -0.2) is 4.68 Å². The molecular weight excluding hydrogens is 434 g/mol. The molecule has 1 aromatic heterocycles. The van der Waals surface area contributed by atoms with Crippen LogP contribution in [-0.2, 0) is 22.7 Å². The first-order valence-corrected chi connectivity index (χ1v) is 11.5. The number of carbonyl (C=O) groups is 2. The molecule has 3 heterocycles. The van der Waals surface area contributed by atoms with E-state index in [0.29, 0.717) is 49.9 Å². The van der Waals surface area contributed by atoms with Crippen LogP contribution in [0.3, 0.4) is 0 Å². The molecule has 2 amide bonds. The molecule has 9 nitrogen and oxygen atoms in total. The van der Waals surface area contributed by atoms with E-state index in [2.05, 4.69) is 10.3 Å². The minimum atomic E-state index is -0.594. The second kappa shape index (κ2) is 9.64. The standard InChI is InChI=1S/C25H27N5O4/c1-18(34-20-10-6-3-7-11-20)24(31)28-12-14-29(15-13-28)25(32)23-21-17-33-22(16-30(21)27-26-23)19-8-4-2-5-9-19/h2-11,18,22H,12-17H2,1H3/t18-,22+/m1/s1. The van der Waals surface area contributed by atoms with Crippen molar-refractivity contribution in [3.63, 3.8) is 0 Å². The van der Waals surface area contributed by atoms with Gasteiger partial charge in [-0.3, -0.25) is 9.59 Å². The van der Waals surface area contributed by atoms with Gasteiger partial charge in [-0.1, -0.05) is 53.7 Å². The van der Waals surface area contributed by atoms with E-state index in [0.717, 1.165) is 5.56 Å². The zero-order valence-corrected chi connectivity index (χ0v) is 19.0. The lowest BCUT2D eigenvalue weighted by Crippen LogP contribution is -2.53. The van der Waals surface area contributed by atoms with Gasteiger partial charge in [0.1, 0.15) is 11.9 Å². The fraction of sp³-hybridized carbons (Fsp3) is 0.360. The molecular formula is C25H27N5O4. The van der Waals surface area contributed by atoms with Gasteiger partial charge in [-0.15, -0.1) is 5.10 Å². The van der Waals surface area contributed by atoms with E-state index >= 15 is 0 Å². The largest absolute Gasteiger partial charge is 0.481 e. The Labute approximate surface area is 197 Å². The molecule has 9 heteroatoms. The molecule has 0 radical (unpaired) electrons. The van der Waals surface area contributed by atoms with Crippen molar-refractivity contribution in [3.05, 3.63) is 77.6 Å². The number of hydrogen-bond donors (Lipinski definition) is 0. The maximum atomic E-state index is 13.2. The molecule has 2 aliphatic rings. The minimum absolute atomic E-state index is 0.0858. The highest BCUT2D eigenvalue weighted by Crippen LogP contribution is 2.27. The van der Waals surface area contributed by atoms with E-state index in [1.54, 1.807) is 21.4 Å². The number of nitrogens with zero attached hydrogens (tertiary/aromatic N) is 5. The van der Waals surface area contributed by atoms with Gasteiger partial charge < -0.3 is 19.3 Å². The summed E-state index contributed by atoms with van der Waals surface area (Å²) in [4.78, 5) is 29.4. The number of benzene rings is 2. The van der Waals surface area contributed by atoms with Crippen molar-refractivity contribution in [2.45, 2.75) is 32.3 Å². The molecule has 0 unspecified atom stereocenters. The number of ether oxygens (including phenoxy) is 2. The lowest BCUT2D eigenvalue weighted by molar-refractivity contribution is -0.139. The Balaban J connectivity index is 1.18. The molecule has 2 atom stereocenters. The van der Waals surface area contributed by atoms with Crippen LogP contribution >= 0.6 is 0 Å². The van der Waals surface area contributed by atoms with Gasteiger partial charge in [0.15, 0.2) is 11.8 Å². The van der Waals surface area contributed by atoms with Crippen molar-refractivity contribution in [1.29, 1.82) is 0 Å². The third kappa shape index (κ3) is 4.51. The van der Waals surface area contributed by atoms with E-state index in [9.17, 15) is 9.59 Å². The first-order chi connectivity index (χ1) is 16.6. The highest BCUT2D eigenvalue weighted by molar-refractivity contribution is 5.93. The number of piperazine rings is 1. The SMILES string of the molecule is C[C@@H](Oc1ccccc1)C(=O)N1CCN(C(=O)c2nnn3c2CO[C@H](c2ccccc2)C3)CC1. The summed E-state index contributed by atoms with van der Waals surface area (Å²) in [5, 5.41) is 8.38. The summed E-state index contributed by atoms with van der Waals surface area (Å²) >= 11 is 0. The Morgan fingerprint density at radius 3 is 2.32 bits per heavy atom. The van der Waals surface area contributed by atoms with Crippen molar-refractivity contribution < 1.29 is 19.1 Å². The number of para-hydroxylation sites is 1. The molecule has 3 aromatic rings.